The van der Waals surface area contributed by atoms with Gasteiger partial charge in [-0.05, 0) is 53.9 Å². The predicted molar refractivity (Wildman–Crippen MR) is 165 cm³/mol. The van der Waals surface area contributed by atoms with Crippen LogP contribution in [0.2, 0.25) is 0 Å². The van der Waals surface area contributed by atoms with Crippen molar-refractivity contribution in [2.45, 2.75) is 24.0 Å². The van der Waals surface area contributed by atoms with Gasteiger partial charge >= 0.3 is 0 Å². The minimum atomic E-state index is -4.03. The van der Waals surface area contributed by atoms with Crippen LogP contribution in [0.3, 0.4) is 0 Å². The van der Waals surface area contributed by atoms with Gasteiger partial charge in [0.05, 0.1) is 23.7 Å². The van der Waals surface area contributed by atoms with Crippen LogP contribution in [0.25, 0.3) is 0 Å². The molecule has 1 aliphatic rings. The van der Waals surface area contributed by atoms with Crippen LogP contribution in [0.15, 0.2) is 119 Å². The maximum Gasteiger partial charge on any atom is 0.262 e. The molecule has 1 atom stereocenters. The first-order chi connectivity index (χ1) is 20.3. The number of nitrogens with one attached hydrogen (secondary N) is 1. The van der Waals surface area contributed by atoms with E-state index in [1.54, 1.807) is 42.5 Å². The van der Waals surface area contributed by atoms with Crippen LogP contribution in [-0.2, 0) is 32.6 Å². The van der Waals surface area contributed by atoms with Crippen molar-refractivity contribution >= 4 is 43.5 Å². The van der Waals surface area contributed by atoms with Gasteiger partial charge in [-0.1, -0.05) is 88.7 Å². The average molecular weight is 649 g/mol. The van der Waals surface area contributed by atoms with Crippen molar-refractivity contribution in [1.82, 2.24) is 9.62 Å². The van der Waals surface area contributed by atoms with E-state index in [9.17, 15) is 18.0 Å². The number of hydrogen-bond acceptors (Lipinski definition) is 5. The molecule has 1 aliphatic heterocycles. The Labute approximate surface area is 254 Å². The molecule has 0 saturated carbocycles. The van der Waals surface area contributed by atoms with E-state index in [-0.39, 0.29) is 23.9 Å². The molecule has 4 aromatic carbocycles. The van der Waals surface area contributed by atoms with Gasteiger partial charge in [0.2, 0.25) is 15.9 Å². The van der Waals surface area contributed by atoms with Gasteiger partial charge in [0.25, 0.3) is 5.91 Å². The first-order valence-electron chi connectivity index (χ1n) is 13.5. The molecular weight excluding hydrogens is 618 g/mol. The van der Waals surface area contributed by atoms with Crippen molar-refractivity contribution < 1.29 is 22.7 Å². The molecule has 1 N–H and O–H groups in total. The molecule has 0 radical (unpaired) electrons. The van der Waals surface area contributed by atoms with E-state index in [0.29, 0.717) is 24.4 Å². The maximum atomic E-state index is 13.9. The minimum Gasteiger partial charge on any atom is -0.477 e. The molecule has 0 bridgehead atoms. The van der Waals surface area contributed by atoms with Crippen LogP contribution in [-0.4, -0.2) is 50.3 Å². The van der Waals surface area contributed by atoms with Gasteiger partial charge in [0, 0.05) is 17.6 Å². The molecule has 0 spiro atoms. The SMILES string of the molecule is O=C(NCCc1ccccc1)C1CN(C(=O)CN(Cc2ccc(Br)cc2)S(=O)(=O)c2ccccc2)c2ccccc2O1. The molecular formula is C32H30BrN3O5S. The van der Waals surface area contributed by atoms with Crippen molar-refractivity contribution in [2.75, 3.05) is 24.5 Å². The monoisotopic (exact) mass is 647 g/mol. The second-order valence-corrected chi connectivity index (χ2v) is 12.7. The Morgan fingerprint density at radius 2 is 1.50 bits per heavy atom. The van der Waals surface area contributed by atoms with Crippen LogP contribution in [0.1, 0.15) is 11.1 Å². The number of fused-ring (bicyclic) bond motifs is 1. The van der Waals surface area contributed by atoms with Gasteiger partial charge in [-0.25, -0.2) is 8.42 Å². The summed E-state index contributed by atoms with van der Waals surface area (Å²) in [4.78, 5) is 28.5. The number of benzene rings is 4. The van der Waals surface area contributed by atoms with Crippen LogP contribution >= 0.6 is 15.9 Å². The number of para-hydroxylation sites is 2. The lowest BCUT2D eigenvalue weighted by atomic mass is 10.1. The molecule has 0 aromatic heterocycles. The molecule has 10 heteroatoms. The van der Waals surface area contributed by atoms with Gasteiger partial charge in [-0.15, -0.1) is 0 Å². The topological polar surface area (TPSA) is 96.0 Å². The summed E-state index contributed by atoms with van der Waals surface area (Å²) < 4.78 is 35.5. The Kier molecular flexibility index (Phi) is 9.36. The first-order valence-corrected chi connectivity index (χ1v) is 15.7. The highest BCUT2D eigenvalue weighted by molar-refractivity contribution is 9.10. The lowest BCUT2D eigenvalue weighted by Crippen LogP contribution is -2.53. The quantitative estimate of drug-likeness (QED) is 0.267. The molecule has 42 heavy (non-hydrogen) atoms. The second-order valence-electron chi connectivity index (χ2n) is 9.82. The number of nitrogens with zero attached hydrogens (tertiary/aromatic N) is 2. The fraction of sp³-hybridized carbons (Fsp3) is 0.188. The van der Waals surface area contributed by atoms with Gasteiger partial charge < -0.3 is 15.0 Å². The van der Waals surface area contributed by atoms with Crippen molar-refractivity contribution in [2.24, 2.45) is 0 Å². The largest absolute Gasteiger partial charge is 0.477 e. The normalized spacial score (nSPS) is 14.6. The molecule has 216 valence electrons. The van der Waals surface area contributed by atoms with Crippen molar-refractivity contribution in [3.63, 3.8) is 0 Å². The zero-order valence-electron chi connectivity index (χ0n) is 22.7. The highest BCUT2D eigenvalue weighted by Crippen LogP contribution is 2.33. The number of carbonyl (C=O) groups excluding carboxylic acids is 2. The summed E-state index contributed by atoms with van der Waals surface area (Å²) in [6.07, 6.45) is -0.300. The molecule has 0 aliphatic carbocycles. The van der Waals surface area contributed by atoms with E-state index < -0.39 is 28.6 Å². The maximum absolute atomic E-state index is 13.9. The smallest absolute Gasteiger partial charge is 0.262 e. The number of rotatable bonds is 10. The van der Waals surface area contributed by atoms with Crippen molar-refractivity contribution in [3.8, 4) is 5.75 Å². The lowest BCUT2D eigenvalue weighted by molar-refractivity contribution is -0.128. The summed E-state index contributed by atoms with van der Waals surface area (Å²) in [5, 5.41) is 2.90. The number of sulfonamides is 1. The summed E-state index contributed by atoms with van der Waals surface area (Å²) in [5.74, 6) is -0.433. The van der Waals surface area contributed by atoms with Gasteiger partial charge in [-0.2, -0.15) is 4.31 Å². The summed E-state index contributed by atoms with van der Waals surface area (Å²) in [6, 6.07) is 32.1. The summed E-state index contributed by atoms with van der Waals surface area (Å²) >= 11 is 3.40. The molecule has 2 amide bonds. The first kappa shape index (κ1) is 29.5. The minimum absolute atomic E-state index is 0.00830. The molecule has 1 heterocycles. The van der Waals surface area contributed by atoms with Crippen LogP contribution in [0, 0.1) is 0 Å². The average Bonchev–Trinajstić information content (AvgIpc) is 3.02. The van der Waals surface area contributed by atoms with E-state index in [0.717, 1.165) is 15.6 Å². The van der Waals surface area contributed by atoms with E-state index in [1.165, 1.54) is 21.3 Å². The summed E-state index contributed by atoms with van der Waals surface area (Å²) in [7, 11) is -4.03. The number of anilines is 1. The highest BCUT2D eigenvalue weighted by Gasteiger charge is 2.36. The second kappa shape index (κ2) is 13.3. The van der Waals surface area contributed by atoms with E-state index in [4.69, 9.17) is 4.74 Å². The Bertz CT molecular complexity index is 1630. The third-order valence-corrected chi connectivity index (χ3v) is 9.22. The number of amides is 2. The molecule has 5 rings (SSSR count). The highest BCUT2D eigenvalue weighted by atomic mass is 79.9. The molecule has 0 saturated heterocycles. The molecule has 1 unspecified atom stereocenters. The van der Waals surface area contributed by atoms with Crippen LogP contribution < -0.4 is 15.0 Å². The van der Waals surface area contributed by atoms with E-state index in [1.807, 2.05) is 54.6 Å². The number of hydrogen-bond donors (Lipinski definition) is 1. The summed E-state index contributed by atoms with van der Waals surface area (Å²) in [5.41, 5.74) is 2.30. The Morgan fingerprint density at radius 1 is 0.857 bits per heavy atom. The molecule has 0 fully saturated rings. The molecule has 4 aromatic rings. The third-order valence-electron chi connectivity index (χ3n) is 6.89. The fourth-order valence-corrected chi connectivity index (χ4v) is 6.36. The van der Waals surface area contributed by atoms with Crippen LogP contribution in [0.4, 0.5) is 5.69 Å². The number of halogens is 1. The fourth-order valence-electron chi connectivity index (χ4n) is 4.69. The van der Waals surface area contributed by atoms with Crippen LogP contribution in [0.5, 0.6) is 5.75 Å². The van der Waals surface area contributed by atoms with Crippen molar-refractivity contribution in [3.05, 3.63) is 125 Å². The zero-order valence-corrected chi connectivity index (χ0v) is 25.1. The Hall–Kier alpha value is -3.99. The number of carbonyl (C=O) groups is 2. The standard InChI is InChI=1S/C32H30BrN3O5S/c33-26-17-15-25(16-18-26)21-35(42(39,40)27-11-5-2-6-12-27)23-31(37)36-22-30(41-29-14-8-7-13-28(29)36)32(38)34-20-19-24-9-3-1-4-10-24/h1-18,30H,19-23H2,(H,34,38). The Balaban J connectivity index is 1.36. The van der Waals surface area contributed by atoms with E-state index >= 15 is 0 Å². The van der Waals surface area contributed by atoms with E-state index in [2.05, 4.69) is 21.2 Å². The van der Waals surface area contributed by atoms with Gasteiger partial charge in [0.15, 0.2) is 6.10 Å². The third kappa shape index (κ3) is 7.07. The zero-order chi connectivity index (χ0) is 29.5. The van der Waals surface area contributed by atoms with Crippen molar-refractivity contribution in [1.29, 1.82) is 0 Å². The van der Waals surface area contributed by atoms with Gasteiger partial charge in [0.1, 0.15) is 5.75 Å². The number of ether oxygens (including phenoxy) is 1. The lowest BCUT2D eigenvalue weighted by Gasteiger charge is -2.35. The predicted octanol–water partition coefficient (Wildman–Crippen LogP) is 4.79. The Morgan fingerprint density at radius 3 is 2.21 bits per heavy atom. The van der Waals surface area contributed by atoms with Gasteiger partial charge in [-0.3, -0.25) is 9.59 Å². The molecule has 8 nitrogen and oxygen atoms in total. The summed E-state index contributed by atoms with van der Waals surface area (Å²) in [6.45, 7) is -0.0747.